The van der Waals surface area contributed by atoms with Crippen LogP contribution in [-0.4, -0.2) is 32.4 Å². The first kappa shape index (κ1) is 17.1. The van der Waals surface area contributed by atoms with E-state index in [1.54, 1.807) is 18.2 Å². The number of hydrogen-bond acceptors (Lipinski definition) is 5. The van der Waals surface area contributed by atoms with Crippen molar-refractivity contribution in [3.05, 3.63) is 59.9 Å². The van der Waals surface area contributed by atoms with Gasteiger partial charge in [0.1, 0.15) is 5.82 Å². The number of nitrogens with one attached hydrogen (secondary N) is 1. The van der Waals surface area contributed by atoms with Gasteiger partial charge < -0.3 is 10.2 Å². The van der Waals surface area contributed by atoms with Gasteiger partial charge in [-0.15, -0.1) is 0 Å². The molecule has 8 heteroatoms. The maximum absolute atomic E-state index is 13.3. The Bertz CT molecular complexity index is 957. The van der Waals surface area contributed by atoms with E-state index in [4.69, 9.17) is 4.84 Å². The Kier molecular flexibility index (Phi) is 4.54. The fraction of sp³-hybridized carbons (Fsp3) is 0.176. The first-order valence-corrected chi connectivity index (χ1v) is 9.32. The van der Waals surface area contributed by atoms with Crippen molar-refractivity contribution in [3.8, 4) is 0 Å². The summed E-state index contributed by atoms with van der Waals surface area (Å²) in [4.78, 5) is 17.5. The van der Waals surface area contributed by atoms with Crippen LogP contribution in [0, 0.1) is 5.82 Å². The first-order chi connectivity index (χ1) is 11.8. The third kappa shape index (κ3) is 4.03. The van der Waals surface area contributed by atoms with Crippen LogP contribution in [0.25, 0.3) is 0 Å². The minimum Gasteiger partial charge on any atom is -0.382 e. The number of hydrogen-bond donors (Lipinski definition) is 1. The molecule has 1 aliphatic heterocycles. The van der Waals surface area contributed by atoms with Gasteiger partial charge in [-0.3, -0.25) is 4.79 Å². The summed E-state index contributed by atoms with van der Waals surface area (Å²) in [6.45, 7) is 0. The number of oxime groups is 1. The van der Waals surface area contributed by atoms with Crippen molar-refractivity contribution in [1.29, 1.82) is 0 Å². The van der Waals surface area contributed by atoms with Crippen LogP contribution in [0.3, 0.4) is 0 Å². The Balaban J connectivity index is 1.68. The highest BCUT2D eigenvalue weighted by atomic mass is 32.2. The molecule has 0 saturated heterocycles. The highest BCUT2D eigenvalue weighted by molar-refractivity contribution is 7.90. The molecule has 6 nitrogen and oxygen atoms in total. The molecule has 2 aromatic rings. The predicted molar refractivity (Wildman–Crippen MR) is 90.6 cm³/mol. The lowest BCUT2D eigenvalue weighted by molar-refractivity contribution is -0.125. The van der Waals surface area contributed by atoms with Gasteiger partial charge in [-0.05, 0) is 30.3 Å². The van der Waals surface area contributed by atoms with E-state index < -0.39 is 27.7 Å². The summed E-state index contributed by atoms with van der Waals surface area (Å²) < 4.78 is 36.4. The maximum atomic E-state index is 13.3. The normalized spacial score (nSPS) is 16.9. The lowest BCUT2D eigenvalue weighted by Gasteiger charge is -2.10. The fourth-order valence-corrected chi connectivity index (χ4v) is 3.05. The molecule has 3 rings (SSSR count). The molecule has 0 aromatic heterocycles. The van der Waals surface area contributed by atoms with Crippen LogP contribution in [0.2, 0.25) is 0 Å². The summed E-state index contributed by atoms with van der Waals surface area (Å²) in [5.74, 6) is -0.855. The van der Waals surface area contributed by atoms with Crippen LogP contribution < -0.4 is 5.32 Å². The van der Waals surface area contributed by atoms with Gasteiger partial charge in [0.15, 0.2) is 9.84 Å². The lowest BCUT2D eigenvalue weighted by Crippen LogP contribution is -2.28. The van der Waals surface area contributed by atoms with Crippen LogP contribution in [0.15, 0.2) is 58.6 Å². The second-order valence-electron chi connectivity index (χ2n) is 5.64. The minimum atomic E-state index is -3.37. The molecule has 0 radical (unpaired) electrons. The van der Waals surface area contributed by atoms with Crippen molar-refractivity contribution in [3.63, 3.8) is 0 Å². The third-order valence-electron chi connectivity index (χ3n) is 3.65. The SMILES string of the molecule is CS(=O)(=O)c1cccc(NC(=O)C2CC(c3cccc(F)c3)=NO2)c1. The first-order valence-electron chi connectivity index (χ1n) is 7.42. The van der Waals surface area contributed by atoms with Crippen molar-refractivity contribution >= 4 is 27.1 Å². The minimum absolute atomic E-state index is 0.106. The van der Waals surface area contributed by atoms with Crippen molar-refractivity contribution in [1.82, 2.24) is 0 Å². The molecule has 0 aliphatic carbocycles. The molecule has 1 heterocycles. The Hall–Kier alpha value is -2.74. The molecule has 0 spiro atoms. The molecular weight excluding hydrogens is 347 g/mol. The monoisotopic (exact) mass is 362 g/mol. The zero-order valence-corrected chi connectivity index (χ0v) is 14.1. The standard InChI is InChI=1S/C17H15FN2O4S/c1-25(22,23)14-7-3-6-13(9-14)19-17(21)16-10-15(20-24-16)11-4-2-5-12(18)8-11/h2-9,16H,10H2,1H3,(H,19,21). The number of halogens is 1. The smallest absolute Gasteiger partial charge is 0.268 e. The molecule has 0 saturated carbocycles. The third-order valence-corrected chi connectivity index (χ3v) is 4.76. The fourth-order valence-electron chi connectivity index (χ4n) is 2.38. The van der Waals surface area contributed by atoms with Crippen molar-refractivity contribution in [2.75, 3.05) is 11.6 Å². The molecule has 1 aliphatic rings. The number of anilines is 1. The van der Waals surface area contributed by atoms with E-state index in [9.17, 15) is 17.6 Å². The van der Waals surface area contributed by atoms with E-state index in [1.165, 1.54) is 30.3 Å². The quantitative estimate of drug-likeness (QED) is 0.905. The summed E-state index contributed by atoms with van der Waals surface area (Å²) in [5, 5.41) is 6.45. The van der Waals surface area contributed by atoms with Crippen LogP contribution >= 0.6 is 0 Å². The number of carbonyl (C=O) groups excluding carboxylic acids is 1. The summed E-state index contributed by atoms with van der Waals surface area (Å²) >= 11 is 0. The Morgan fingerprint density at radius 2 is 2.00 bits per heavy atom. The molecule has 1 atom stereocenters. The zero-order chi connectivity index (χ0) is 18.0. The van der Waals surface area contributed by atoms with Gasteiger partial charge in [0.25, 0.3) is 5.91 Å². The summed E-state index contributed by atoms with van der Waals surface area (Å²) in [7, 11) is -3.37. The number of sulfone groups is 1. The van der Waals surface area contributed by atoms with E-state index in [0.717, 1.165) is 6.26 Å². The number of rotatable bonds is 4. The number of nitrogens with zero attached hydrogens (tertiary/aromatic N) is 1. The highest BCUT2D eigenvalue weighted by Gasteiger charge is 2.29. The second-order valence-corrected chi connectivity index (χ2v) is 7.65. The molecular formula is C17H15FN2O4S. The summed E-state index contributed by atoms with van der Waals surface area (Å²) in [6.07, 6.45) is 0.425. The molecule has 0 fully saturated rings. The van der Waals surface area contributed by atoms with Gasteiger partial charge in [0.2, 0.25) is 6.10 Å². The van der Waals surface area contributed by atoms with Crippen molar-refractivity contribution in [2.45, 2.75) is 17.4 Å². The Labute approximate surface area is 144 Å². The van der Waals surface area contributed by atoms with Crippen LogP contribution in [-0.2, 0) is 19.5 Å². The van der Waals surface area contributed by atoms with Crippen LogP contribution in [0.5, 0.6) is 0 Å². The molecule has 2 aromatic carbocycles. The van der Waals surface area contributed by atoms with E-state index in [-0.39, 0.29) is 11.3 Å². The maximum Gasteiger partial charge on any atom is 0.268 e. The highest BCUT2D eigenvalue weighted by Crippen LogP contribution is 2.20. The second kappa shape index (κ2) is 6.64. The molecule has 1 amide bonds. The molecule has 0 bridgehead atoms. The van der Waals surface area contributed by atoms with E-state index in [0.29, 0.717) is 17.0 Å². The van der Waals surface area contributed by atoms with Gasteiger partial charge >= 0.3 is 0 Å². The summed E-state index contributed by atoms with van der Waals surface area (Å²) in [6, 6.07) is 11.8. The Morgan fingerprint density at radius 3 is 2.72 bits per heavy atom. The van der Waals surface area contributed by atoms with Gasteiger partial charge in [-0.2, -0.15) is 0 Å². The average Bonchev–Trinajstić information content (AvgIpc) is 3.04. The lowest BCUT2D eigenvalue weighted by atomic mass is 10.0. The van der Waals surface area contributed by atoms with Gasteiger partial charge in [0, 0.05) is 23.9 Å². The molecule has 130 valence electrons. The van der Waals surface area contributed by atoms with E-state index in [1.807, 2.05) is 0 Å². The average molecular weight is 362 g/mol. The predicted octanol–water partition coefficient (Wildman–Crippen LogP) is 2.36. The van der Waals surface area contributed by atoms with Crippen LogP contribution in [0.4, 0.5) is 10.1 Å². The number of carbonyl (C=O) groups is 1. The van der Waals surface area contributed by atoms with Crippen molar-refractivity contribution in [2.24, 2.45) is 5.16 Å². The zero-order valence-electron chi connectivity index (χ0n) is 13.3. The molecule has 1 unspecified atom stereocenters. The molecule has 1 N–H and O–H groups in total. The number of benzene rings is 2. The largest absolute Gasteiger partial charge is 0.382 e. The Morgan fingerprint density at radius 1 is 1.24 bits per heavy atom. The van der Waals surface area contributed by atoms with Crippen LogP contribution in [0.1, 0.15) is 12.0 Å². The van der Waals surface area contributed by atoms with Gasteiger partial charge in [-0.1, -0.05) is 23.4 Å². The topological polar surface area (TPSA) is 84.8 Å². The van der Waals surface area contributed by atoms with E-state index >= 15 is 0 Å². The number of amides is 1. The summed E-state index contributed by atoms with van der Waals surface area (Å²) in [5.41, 5.74) is 1.37. The molecule has 25 heavy (non-hydrogen) atoms. The van der Waals surface area contributed by atoms with Crippen molar-refractivity contribution < 1.29 is 22.4 Å². The van der Waals surface area contributed by atoms with Gasteiger partial charge in [-0.25, -0.2) is 12.8 Å². The van der Waals surface area contributed by atoms with Gasteiger partial charge in [0.05, 0.1) is 10.6 Å². The van der Waals surface area contributed by atoms with E-state index in [2.05, 4.69) is 10.5 Å².